The van der Waals surface area contributed by atoms with E-state index in [4.69, 9.17) is 12.2 Å². The molecule has 2 heterocycles. The molecule has 2 N–H and O–H groups in total. The van der Waals surface area contributed by atoms with Gasteiger partial charge in [0.15, 0.2) is 0 Å². The van der Waals surface area contributed by atoms with Crippen molar-refractivity contribution in [2.45, 2.75) is 5.37 Å². The van der Waals surface area contributed by atoms with Crippen molar-refractivity contribution in [3.8, 4) is 0 Å². The molecule has 1 aromatic heterocycles. The number of pyridine rings is 1. The zero-order valence-electron chi connectivity index (χ0n) is 6.15. The first-order valence-corrected chi connectivity index (χ1v) is 4.78. The SMILES string of the molecule is S=C1NN[C@@H](c2ccccn2)S1. The largest absolute Gasteiger partial charge is 0.305 e. The standard InChI is InChI=1S/C7H7N3S2/c11-7-10-9-6(12-7)5-3-1-2-4-8-5/h1-4,6,9H,(H,10,11)/t6-/m1/s1. The van der Waals surface area contributed by atoms with E-state index in [-0.39, 0.29) is 5.37 Å². The van der Waals surface area contributed by atoms with Crippen LogP contribution in [0.25, 0.3) is 0 Å². The van der Waals surface area contributed by atoms with Crippen LogP contribution in [0.15, 0.2) is 24.4 Å². The van der Waals surface area contributed by atoms with E-state index in [1.54, 1.807) is 18.0 Å². The van der Waals surface area contributed by atoms with Crippen LogP contribution in [-0.2, 0) is 0 Å². The van der Waals surface area contributed by atoms with Crippen LogP contribution in [0.1, 0.15) is 11.1 Å². The Morgan fingerprint density at radius 1 is 1.50 bits per heavy atom. The first-order valence-electron chi connectivity index (χ1n) is 3.49. The summed E-state index contributed by atoms with van der Waals surface area (Å²) in [5.74, 6) is 0. The van der Waals surface area contributed by atoms with Gasteiger partial charge >= 0.3 is 0 Å². The van der Waals surface area contributed by atoms with E-state index in [0.29, 0.717) is 0 Å². The van der Waals surface area contributed by atoms with E-state index in [0.717, 1.165) is 10.0 Å². The van der Waals surface area contributed by atoms with E-state index >= 15 is 0 Å². The van der Waals surface area contributed by atoms with Gasteiger partial charge in [-0.25, -0.2) is 5.43 Å². The van der Waals surface area contributed by atoms with Crippen LogP contribution in [0, 0.1) is 0 Å². The Labute approximate surface area is 79.9 Å². The second kappa shape index (κ2) is 3.38. The first-order chi connectivity index (χ1) is 5.86. The number of rotatable bonds is 1. The van der Waals surface area contributed by atoms with Gasteiger partial charge in [0.05, 0.1) is 5.69 Å². The fourth-order valence-corrected chi connectivity index (χ4v) is 2.01. The molecule has 0 aliphatic carbocycles. The predicted molar refractivity (Wildman–Crippen MR) is 53.4 cm³/mol. The third-order valence-electron chi connectivity index (χ3n) is 1.49. The lowest BCUT2D eigenvalue weighted by molar-refractivity contribution is 0.656. The number of thioether (sulfide) groups is 1. The second-order valence-electron chi connectivity index (χ2n) is 2.31. The van der Waals surface area contributed by atoms with Crippen LogP contribution < -0.4 is 10.9 Å². The van der Waals surface area contributed by atoms with Gasteiger partial charge in [-0.15, -0.1) is 0 Å². The van der Waals surface area contributed by atoms with E-state index in [2.05, 4.69) is 15.8 Å². The Bertz CT molecular complexity index is 288. The Balaban J connectivity index is 2.16. The molecule has 1 aliphatic rings. The summed E-state index contributed by atoms with van der Waals surface area (Å²) in [6.45, 7) is 0. The smallest absolute Gasteiger partial charge is 0.150 e. The Kier molecular flexibility index (Phi) is 2.25. The van der Waals surface area contributed by atoms with Gasteiger partial charge in [-0.05, 0) is 12.1 Å². The number of hydrogen-bond donors (Lipinski definition) is 2. The predicted octanol–water partition coefficient (Wildman–Crippen LogP) is 1.21. The van der Waals surface area contributed by atoms with Gasteiger partial charge in [-0.1, -0.05) is 30.0 Å². The van der Waals surface area contributed by atoms with E-state index in [1.807, 2.05) is 18.2 Å². The second-order valence-corrected chi connectivity index (χ2v) is 4.09. The normalized spacial score (nSPS) is 22.3. The molecule has 0 bridgehead atoms. The van der Waals surface area contributed by atoms with E-state index in [9.17, 15) is 0 Å². The number of thiocarbonyl (C=S) groups is 1. The van der Waals surface area contributed by atoms with E-state index in [1.165, 1.54) is 0 Å². The average Bonchev–Trinajstić information content (AvgIpc) is 2.54. The topological polar surface area (TPSA) is 37.0 Å². The van der Waals surface area contributed by atoms with Crippen LogP contribution >= 0.6 is 24.0 Å². The van der Waals surface area contributed by atoms with Gasteiger partial charge in [0, 0.05) is 6.20 Å². The zero-order chi connectivity index (χ0) is 8.39. The number of nitrogens with one attached hydrogen (secondary N) is 2. The molecule has 1 atom stereocenters. The lowest BCUT2D eigenvalue weighted by atomic mass is 10.3. The van der Waals surface area contributed by atoms with Crippen LogP contribution in [0.2, 0.25) is 0 Å². The van der Waals surface area contributed by atoms with Crippen LogP contribution in [-0.4, -0.2) is 9.30 Å². The molecule has 2 rings (SSSR count). The van der Waals surface area contributed by atoms with Crippen molar-refractivity contribution in [3.63, 3.8) is 0 Å². The summed E-state index contributed by atoms with van der Waals surface area (Å²) in [7, 11) is 0. The van der Waals surface area contributed by atoms with Gasteiger partial charge in [0.25, 0.3) is 0 Å². The van der Waals surface area contributed by atoms with Crippen molar-refractivity contribution < 1.29 is 0 Å². The minimum atomic E-state index is 0.152. The minimum absolute atomic E-state index is 0.152. The molecule has 0 unspecified atom stereocenters. The highest BCUT2D eigenvalue weighted by molar-refractivity contribution is 8.23. The third kappa shape index (κ3) is 1.57. The van der Waals surface area contributed by atoms with Crippen molar-refractivity contribution in [2.75, 3.05) is 0 Å². The highest BCUT2D eigenvalue weighted by Crippen LogP contribution is 2.27. The molecule has 1 saturated heterocycles. The lowest BCUT2D eigenvalue weighted by Crippen LogP contribution is -2.26. The fraction of sp³-hybridized carbons (Fsp3) is 0.143. The summed E-state index contributed by atoms with van der Waals surface area (Å²) in [4.78, 5) is 4.21. The van der Waals surface area contributed by atoms with Crippen molar-refractivity contribution >= 4 is 28.3 Å². The molecule has 0 amide bonds. The molecule has 0 radical (unpaired) electrons. The highest BCUT2D eigenvalue weighted by Gasteiger charge is 2.21. The van der Waals surface area contributed by atoms with Gasteiger partial charge in [0.1, 0.15) is 9.69 Å². The maximum atomic E-state index is 4.96. The number of aromatic nitrogens is 1. The molecule has 0 saturated carbocycles. The molecular formula is C7H7N3S2. The molecule has 12 heavy (non-hydrogen) atoms. The molecule has 1 aliphatic heterocycles. The minimum Gasteiger partial charge on any atom is -0.305 e. The van der Waals surface area contributed by atoms with E-state index < -0.39 is 0 Å². The summed E-state index contributed by atoms with van der Waals surface area (Å²) >= 11 is 6.52. The van der Waals surface area contributed by atoms with Gasteiger partial charge in [-0.3, -0.25) is 4.98 Å². The van der Waals surface area contributed by atoms with Gasteiger partial charge in [0.2, 0.25) is 0 Å². The summed E-state index contributed by atoms with van der Waals surface area (Å²) in [5, 5.41) is 0.152. The Morgan fingerprint density at radius 3 is 3.00 bits per heavy atom. The molecule has 0 spiro atoms. The van der Waals surface area contributed by atoms with Gasteiger partial charge in [-0.2, -0.15) is 0 Å². The number of hydrogen-bond acceptors (Lipinski definition) is 4. The number of hydrazine groups is 1. The van der Waals surface area contributed by atoms with Crippen molar-refractivity contribution in [1.29, 1.82) is 0 Å². The Hall–Kier alpha value is -0.650. The molecule has 0 aromatic carbocycles. The molecule has 3 nitrogen and oxygen atoms in total. The van der Waals surface area contributed by atoms with Crippen LogP contribution in [0.3, 0.4) is 0 Å². The summed E-state index contributed by atoms with van der Waals surface area (Å²) in [5.41, 5.74) is 6.90. The van der Waals surface area contributed by atoms with Gasteiger partial charge < -0.3 is 5.43 Å². The highest BCUT2D eigenvalue weighted by atomic mass is 32.2. The van der Waals surface area contributed by atoms with Crippen molar-refractivity contribution in [3.05, 3.63) is 30.1 Å². The fourth-order valence-electron chi connectivity index (χ4n) is 0.956. The monoisotopic (exact) mass is 197 g/mol. The van der Waals surface area contributed by atoms with Crippen molar-refractivity contribution in [2.24, 2.45) is 0 Å². The lowest BCUT2D eigenvalue weighted by Gasteiger charge is -2.04. The maximum absolute atomic E-state index is 4.96. The summed E-state index contributed by atoms with van der Waals surface area (Å²) in [6.07, 6.45) is 1.78. The first kappa shape index (κ1) is 7.97. The quantitative estimate of drug-likeness (QED) is 0.662. The zero-order valence-corrected chi connectivity index (χ0v) is 7.78. The molecule has 1 aromatic rings. The maximum Gasteiger partial charge on any atom is 0.150 e. The summed E-state index contributed by atoms with van der Waals surface area (Å²) < 4.78 is 0.769. The third-order valence-corrected chi connectivity index (χ3v) is 2.79. The average molecular weight is 197 g/mol. The molecular weight excluding hydrogens is 190 g/mol. The Morgan fingerprint density at radius 2 is 2.42 bits per heavy atom. The molecule has 62 valence electrons. The summed E-state index contributed by atoms with van der Waals surface area (Å²) in [6, 6.07) is 5.83. The van der Waals surface area contributed by atoms with Crippen LogP contribution in [0.4, 0.5) is 0 Å². The van der Waals surface area contributed by atoms with Crippen LogP contribution in [0.5, 0.6) is 0 Å². The van der Waals surface area contributed by atoms with Crippen molar-refractivity contribution in [1.82, 2.24) is 15.8 Å². The molecule has 5 heteroatoms. The number of nitrogens with zero attached hydrogens (tertiary/aromatic N) is 1. The molecule has 1 fully saturated rings.